The number of benzene rings is 1. The van der Waals surface area contributed by atoms with E-state index in [-0.39, 0.29) is 17.2 Å². The first-order valence-corrected chi connectivity index (χ1v) is 9.11. The van der Waals surface area contributed by atoms with E-state index in [0.717, 1.165) is 36.2 Å². The van der Waals surface area contributed by atoms with Crippen LogP contribution in [0.5, 0.6) is 0 Å². The van der Waals surface area contributed by atoms with Crippen LogP contribution in [0.15, 0.2) is 18.2 Å². The number of aryl methyl sites for hydroxylation is 1. The fraction of sp³-hybridized carbons (Fsp3) is 0.632. The Morgan fingerprint density at radius 3 is 2.44 bits per heavy atom. The second kappa shape index (κ2) is 6.33. The van der Waals surface area contributed by atoms with Gasteiger partial charge in [0, 0.05) is 18.8 Å². The molecule has 1 aromatic rings. The number of carbonyl (C=O) groups excluding carboxylic acids is 1. The molecule has 6 heteroatoms. The van der Waals surface area contributed by atoms with Crippen molar-refractivity contribution in [3.8, 4) is 0 Å². The van der Waals surface area contributed by atoms with Crippen LogP contribution in [0.2, 0.25) is 0 Å². The number of nitrogens with zero attached hydrogens (tertiary/aromatic N) is 1. The lowest BCUT2D eigenvalue weighted by Gasteiger charge is -2.32. The quantitative estimate of drug-likeness (QED) is 0.839. The van der Waals surface area contributed by atoms with Crippen LogP contribution >= 0.6 is 0 Å². The molecule has 2 aliphatic heterocycles. The van der Waals surface area contributed by atoms with Crippen LogP contribution in [0.4, 0.5) is 10.5 Å². The van der Waals surface area contributed by atoms with Crippen LogP contribution < -0.4 is 10.8 Å². The van der Waals surface area contributed by atoms with Gasteiger partial charge in [0.1, 0.15) is 0 Å². The van der Waals surface area contributed by atoms with E-state index in [1.807, 2.05) is 57.7 Å². The molecule has 5 nitrogen and oxygen atoms in total. The fourth-order valence-corrected chi connectivity index (χ4v) is 3.26. The number of hydrogen-bond donors (Lipinski definition) is 1. The molecule has 0 aliphatic carbocycles. The van der Waals surface area contributed by atoms with Gasteiger partial charge in [-0.3, -0.25) is 0 Å². The van der Waals surface area contributed by atoms with E-state index in [1.165, 1.54) is 0 Å². The zero-order chi connectivity index (χ0) is 18.4. The minimum Gasteiger partial charge on any atom is -0.399 e. The van der Waals surface area contributed by atoms with Crippen molar-refractivity contribution in [2.45, 2.75) is 59.2 Å². The minimum absolute atomic E-state index is 0.0342. The highest BCUT2D eigenvalue weighted by molar-refractivity contribution is 6.62. The summed E-state index contributed by atoms with van der Waals surface area (Å²) in [7, 11) is -0.423. The zero-order valence-corrected chi connectivity index (χ0v) is 16.2. The highest BCUT2D eigenvalue weighted by Crippen LogP contribution is 2.36. The largest absolute Gasteiger partial charge is 0.495 e. The molecule has 0 aromatic heterocycles. The van der Waals surface area contributed by atoms with Gasteiger partial charge in [-0.2, -0.15) is 0 Å². The lowest BCUT2D eigenvalue weighted by molar-refractivity contribution is 0.00578. The summed E-state index contributed by atoms with van der Waals surface area (Å²) in [6, 6.07) is 5.87. The number of rotatable bonds is 2. The summed E-state index contributed by atoms with van der Waals surface area (Å²) in [5.41, 5.74) is 2.07. The molecule has 0 radical (unpaired) electrons. The molecule has 1 atom stereocenters. The predicted octanol–water partition coefficient (Wildman–Crippen LogP) is 3.17. The van der Waals surface area contributed by atoms with Gasteiger partial charge in [0.25, 0.3) is 0 Å². The third kappa shape index (κ3) is 3.56. The summed E-state index contributed by atoms with van der Waals surface area (Å²) < 4.78 is 12.3. The molecule has 1 N–H and O–H groups in total. The lowest BCUT2D eigenvalue weighted by atomic mass is 9.76. The Morgan fingerprint density at radius 2 is 1.88 bits per heavy atom. The third-order valence-electron chi connectivity index (χ3n) is 5.75. The topological polar surface area (TPSA) is 50.8 Å². The Bertz CT molecular complexity index is 659. The first-order chi connectivity index (χ1) is 11.6. The van der Waals surface area contributed by atoms with Crippen LogP contribution in [-0.4, -0.2) is 42.3 Å². The number of urea groups is 1. The van der Waals surface area contributed by atoms with Gasteiger partial charge >= 0.3 is 13.1 Å². The normalized spacial score (nSPS) is 24.6. The standard InChI is InChI=1S/C19H29BN2O3/c1-13-9-10-22(12-13)17(23)21-15-8-7-14(2)16(11-15)20-24-18(3,4)19(5,6)25-20/h7-8,11,13H,9-10,12H2,1-6H3,(H,21,23). The van der Waals surface area contributed by atoms with Gasteiger partial charge in [0.2, 0.25) is 0 Å². The average Bonchev–Trinajstić information content (AvgIpc) is 3.02. The summed E-state index contributed by atoms with van der Waals surface area (Å²) in [5.74, 6) is 0.573. The molecule has 0 spiro atoms. The molecule has 136 valence electrons. The van der Waals surface area contributed by atoms with E-state index in [4.69, 9.17) is 9.31 Å². The number of likely N-dealkylation sites (tertiary alicyclic amines) is 1. The van der Waals surface area contributed by atoms with Crippen LogP contribution in [-0.2, 0) is 9.31 Å². The van der Waals surface area contributed by atoms with Gasteiger partial charge in [-0.05, 0) is 64.6 Å². The Hall–Kier alpha value is -1.53. The number of nitrogens with one attached hydrogen (secondary N) is 1. The highest BCUT2D eigenvalue weighted by atomic mass is 16.7. The summed E-state index contributed by atoms with van der Waals surface area (Å²) in [6.07, 6.45) is 1.07. The molecule has 1 unspecified atom stereocenters. The zero-order valence-electron chi connectivity index (χ0n) is 16.2. The molecular weight excluding hydrogens is 315 g/mol. The summed E-state index contributed by atoms with van der Waals surface area (Å²) in [6.45, 7) is 14.0. The second-order valence-corrected chi connectivity index (χ2v) is 8.43. The van der Waals surface area contributed by atoms with E-state index >= 15 is 0 Å². The first-order valence-electron chi connectivity index (χ1n) is 9.11. The van der Waals surface area contributed by atoms with Crippen molar-refractivity contribution in [3.05, 3.63) is 23.8 Å². The van der Waals surface area contributed by atoms with Crippen molar-refractivity contribution in [1.82, 2.24) is 4.90 Å². The van der Waals surface area contributed by atoms with Gasteiger partial charge in [-0.1, -0.05) is 18.6 Å². The maximum atomic E-state index is 12.4. The lowest BCUT2D eigenvalue weighted by Crippen LogP contribution is -2.41. The third-order valence-corrected chi connectivity index (χ3v) is 5.75. The maximum absolute atomic E-state index is 12.4. The number of carbonyl (C=O) groups is 1. The first kappa shape index (κ1) is 18.3. The monoisotopic (exact) mass is 344 g/mol. The molecule has 2 saturated heterocycles. The predicted molar refractivity (Wildman–Crippen MR) is 101 cm³/mol. The van der Waals surface area contributed by atoms with Crippen molar-refractivity contribution in [1.29, 1.82) is 0 Å². The minimum atomic E-state index is -0.423. The van der Waals surface area contributed by atoms with Gasteiger partial charge < -0.3 is 19.5 Å². The molecule has 0 bridgehead atoms. The molecular formula is C19H29BN2O3. The Balaban J connectivity index is 1.76. The number of anilines is 1. The molecule has 2 amide bonds. The van der Waals surface area contributed by atoms with Crippen LogP contribution in [0.3, 0.4) is 0 Å². The summed E-state index contributed by atoms with van der Waals surface area (Å²) in [5, 5.41) is 3.01. The average molecular weight is 344 g/mol. The SMILES string of the molecule is Cc1ccc(NC(=O)N2CCC(C)C2)cc1B1OC(C)(C)C(C)(C)O1. The fourth-order valence-electron chi connectivity index (χ4n) is 3.26. The Morgan fingerprint density at radius 1 is 1.24 bits per heavy atom. The molecule has 1 aromatic carbocycles. The van der Waals surface area contributed by atoms with E-state index < -0.39 is 7.12 Å². The molecule has 2 fully saturated rings. The van der Waals surface area contributed by atoms with Gasteiger partial charge in [-0.15, -0.1) is 0 Å². The molecule has 2 aliphatic rings. The van der Waals surface area contributed by atoms with Crippen molar-refractivity contribution in [2.24, 2.45) is 5.92 Å². The van der Waals surface area contributed by atoms with Gasteiger partial charge in [0.15, 0.2) is 0 Å². The molecule has 3 rings (SSSR count). The van der Waals surface area contributed by atoms with Crippen molar-refractivity contribution in [2.75, 3.05) is 18.4 Å². The van der Waals surface area contributed by atoms with Crippen molar-refractivity contribution < 1.29 is 14.1 Å². The molecule has 0 saturated carbocycles. The highest BCUT2D eigenvalue weighted by Gasteiger charge is 2.52. The number of hydrogen-bond acceptors (Lipinski definition) is 3. The second-order valence-electron chi connectivity index (χ2n) is 8.43. The summed E-state index contributed by atoms with van der Waals surface area (Å²) >= 11 is 0. The smallest absolute Gasteiger partial charge is 0.399 e. The molecule has 25 heavy (non-hydrogen) atoms. The Kier molecular flexibility index (Phi) is 4.62. The Labute approximate surface area is 151 Å². The van der Waals surface area contributed by atoms with Crippen molar-refractivity contribution in [3.63, 3.8) is 0 Å². The number of amides is 2. The van der Waals surface area contributed by atoms with Crippen LogP contribution in [0, 0.1) is 12.8 Å². The van der Waals surface area contributed by atoms with Crippen LogP contribution in [0.25, 0.3) is 0 Å². The van der Waals surface area contributed by atoms with Gasteiger partial charge in [-0.25, -0.2) is 4.79 Å². The van der Waals surface area contributed by atoms with E-state index in [1.54, 1.807) is 0 Å². The van der Waals surface area contributed by atoms with E-state index in [2.05, 4.69) is 12.2 Å². The maximum Gasteiger partial charge on any atom is 0.495 e. The van der Waals surface area contributed by atoms with E-state index in [9.17, 15) is 4.79 Å². The van der Waals surface area contributed by atoms with Gasteiger partial charge in [0.05, 0.1) is 11.2 Å². The van der Waals surface area contributed by atoms with Crippen molar-refractivity contribution >= 4 is 24.3 Å². The molecule has 2 heterocycles. The van der Waals surface area contributed by atoms with E-state index in [0.29, 0.717) is 5.92 Å². The van der Waals surface area contributed by atoms with Crippen LogP contribution in [0.1, 0.15) is 46.6 Å². The summed E-state index contributed by atoms with van der Waals surface area (Å²) in [4.78, 5) is 14.3.